The summed E-state index contributed by atoms with van der Waals surface area (Å²) >= 11 is 0. The molecule has 0 bridgehead atoms. The topological polar surface area (TPSA) is 21.3 Å². The van der Waals surface area contributed by atoms with Crippen LogP contribution in [0.15, 0.2) is 12.7 Å². The van der Waals surface area contributed by atoms with E-state index in [2.05, 4.69) is 25.7 Å². The van der Waals surface area contributed by atoms with Gasteiger partial charge >= 0.3 is 0 Å². The maximum absolute atomic E-state index is 5.69. The summed E-state index contributed by atoms with van der Waals surface area (Å²) in [6.45, 7) is 10.8. The molecule has 0 aromatic carbocycles. The van der Waals surface area contributed by atoms with Gasteiger partial charge < -0.3 is 10.1 Å². The molecule has 0 aliphatic heterocycles. The van der Waals surface area contributed by atoms with E-state index in [4.69, 9.17) is 4.74 Å². The lowest BCUT2D eigenvalue weighted by Crippen LogP contribution is -2.47. The van der Waals surface area contributed by atoms with Crippen molar-refractivity contribution >= 4 is 0 Å². The summed E-state index contributed by atoms with van der Waals surface area (Å²) in [5.74, 6) is 0. The van der Waals surface area contributed by atoms with E-state index in [9.17, 15) is 0 Å². The first kappa shape index (κ1) is 11.7. The van der Waals surface area contributed by atoms with Crippen LogP contribution in [0.3, 0.4) is 0 Å². The van der Waals surface area contributed by atoms with Crippen molar-refractivity contribution in [1.29, 1.82) is 0 Å². The SMILES string of the molecule is C=CC(NC)C(C)(CC)OCC. The molecule has 2 atom stereocenters. The van der Waals surface area contributed by atoms with Crippen molar-refractivity contribution in [2.24, 2.45) is 0 Å². The van der Waals surface area contributed by atoms with E-state index in [0.29, 0.717) is 0 Å². The third kappa shape index (κ3) is 2.61. The van der Waals surface area contributed by atoms with Crippen LogP contribution in [0.25, 0.3) is 0 Å². The average molecular weight is 171 g/mol. The van der Waals surface area contributed by atoms with Crippen LogP contribution < -0.4 is 5.32 Å². The molecule has 0 aromatic rings. The highest BCUT2D eigenvalue weighted by molar-refractivity contribution is 4.99. The Labute approximate surface area is 76.0 Å². The lowest BCUT2D eigenvalue weighted by Gasteiger charge is -2.34. The molecular weight excluding hydrogens is 150 g/mol. The summed E-state index contributed by atoms with van der Waals surface area (Å²) in [5.41, 5.74) is -0.120. The number of ether oxygens (including phenoxy) is 1. The van der Waals surface area contributed by atoms with Gasteiger partial charge in [0.25, 0.3) is 0 Å². The quantitative estimate of drug-likeness (QED) is 0.617. The molecule has 0 aliphatic carbocycles. The smallest absolute Gasteiger partial charge is 0.0839 e. The monoisotopic (exact) mass is 171 g/mol. The van der Waals surface area contributed by atoms with Crippen LogP contribution >= 0.6 is 0 Å². The Kier molecular flexibility index (Phi) is 5.18. The zero-order valence-corrected chi connectivity index (χ0v) is 8.68. The number of hydrogen-bond acceptors (Lipinski definition) is 2. The molecule has 2 unspecified atom stereocenters. The van der Waals surface area contributed by atoms with Gasteiger partial charge in [0, 0.05) is 6.61 Å². The van der Waals surface area contributed by atoms with Crippen molar-refractivity contribution in [2.75, 3.05) is 13.7 Å². The molecule has 0 heterocycles. The minimum Gasteiger partial charge on any atom is -0.374 e. The van der Waals surface area contributed by atoms with Gasteiger partial charge in [-0.1, -0.05) is 13.0 Å². The van der Waals surface area contributed by atoms with Crippen LogP contribution in [-0.4, -0.2) is 25.3 Å². The Hall–Kier alpha value is -0.340. The molecular formula is C10H21NO. The van der Waals surface area contributed by atoms with Gasteiger partial charge in [0.2, 0.25) is 0 Å². The summed E-state index contributed by atoms with van der Waals surface area (Å²) in [6.07, 6.45) is 2.89. The van der Waals surface area contributed by atoms with Crippen LogP contribution in [0, 0.1) is 0 Å². The Morgan fingerprint density at radius 1 is 1.58 bits per heavy atom. The van der Waals surface area contributed by atoms with E-state index in [0.717, 1.165) is 13.0 Å². The van der Waals surface area contributed by atoms with Crippen LogP contribution in [0.4, 0.5) is 0 Å². The Morgan fingerprint density at radius 3 is 2.42 bits per heavy atom. The van der Waals surface area contributed by atoms with Gasteiger partial charge in [0.1, 0.15) is 0 Å². The second-order valence-electron chi connectivity index (χ2n) is 3.10. The predicted molar refractivity (Wildman–Crippen MR) is 53.4 cm³/mol. The molecule has 0 saturated heterocycles. The van der Waals surface area contributed by atoms with Crippen LogP contribution in [0.2, 0.25) is 0 Å². The van der Waals surface area contributed by atoms with Gasteiger partial charge in [-0.25, -0.2) is 0 Å². The molecule has 72 valence electrons. The largest absolute Gasteiger partial charge is 0.374 e. The first-order chi connectivity index (χ1) is 5.64. The highest BCUT2D eigenvalue weighted by atomic mass is 16.5. The van der Waals surface area contributed by atoms with Crippen molar-refractivity contribution in [3.63, 3.8) is 0 Å². The zero-order valence-electron chi connectivity index (χ0n) is 8.68. The van der Waals surface area contributed by atoms with Crippen LogP contribution in [-0.2, 0) is 4.74 Å². The fourth-order valence-corrected chi connectivity index (χ4v) is 1.41. The zero-order chi connectivity index (χ0) is 9.61. The van der Waals surface area contributed by atoms with E-state index < -0.39 is 0 Å². The second-order valence-corrected chi connectivity index (χ2v) is 3.10. The molecule has 0 fully saturated rings. The summed E-state index contributed by atoms with van der Waals surface area (Å²) in [5, 5.41) is 3.18. The molecule has 0 amide bonds. The first-order valence-corrected chi connectivity index (χ1v) is 4.58. The highest BCUT2D eigenvalue weighted by Crippen LogP contribution is 2.20. The van der Waals surface area contributed by atoms with Crippen molar-refractivity contribution in [1.82, 2.24) is 5.32 Å². The third-order valence-corrected chi connectivity index (χ3v) is 2.38. The predicted octanol–water partition coefficient (Wildman–Crippen LogP) is 1.97. The lowest BCUT2D eigenvalue weighted by molar-refractivity contribution is -0.0424. The molecule has 0 saturated carbocycles. The second kappa shape index (κ2) is 5.33. The number of rotatable bonds is 6. The van der Waals surface area contributed by atoms with Gasteiger partial charge in [-0.2, -0.15) is 0 Å². The molecule has 0 aromatic heterocycles. The molecule has 0 spiro atoms. The third-order valence-electron chi connectivity index (χ3n) is 2.38. The van der Waals surface area contributed by atoms with Gasteiger partial charge in [0.05, 0.1) is 11.6 Å². The molecule has 0 rings (SSSR count). The summed E-state index contributed by atoms with van der Waals surface area (Å²) in [7, 11) is 1.93. The summed E-state index contributed by atoms with van der Waals surface area (Å²) in [6, 6.07) is 0.224. The van der Waals surface area contributed by atoms with Gasteiger partial charge in [-0.15, -0.1) is 6.58 Å². The van der Waals surface area contributed by atoms with E-state index in [-0.39, 0.29) is 11.6 Å². The van der Waals surface area contributed by atoms with E-state index >= 15 is 0 Å². The van der Waals surface area contributed by atoms with Crippen molar-refractivity contribution in [3.05, 3.63) is 12.7 Å². The van der Waals surface area contributed by atoms with E-state index in [1.807, 2.05) is 20.0 Å². The molecule has 0 radical (unpaired) electrons. The van der Waals surface area contributed by atoms with Crippen LogP contribution in [0.5, 0.6) is 0 Å². The summed E-state index contributed by atoms with van der Waals surface area (Å²) in [4.78, 5) is 0. The first-order valence-electron chi connectivity index (χ1n) is 4.58. The van der Waals surface area contributed by atoms with E-state index in [1.165, 1.54) is 0 Å². The van der Waals surface area contributed by atoms with Crippen LogP contribution in [0.1, 0.15) is 27.2 Å². The number of likely N-dealkylation sites (N-methyl/N-ethyl adjacent to an activating group) is 1. The molecule has 1 N–H and O–H groups in total. The normalized spacial score (nSPS) is 18.3. The number of hydrogen-bond donors (Lipinski definition) is 1. The highest BCUT2D eigenvalue weighted by Gasteiger charge is 2.29. The van der Waals surface area contributed by atoms with Crippen molar-refractivity contribution in [2.45, 2.75) is 38.8 Å². The Morgan fingerprint density at radius 2 is 2.17 bits per heavy atom. The molecule has 0 aliphatic rings. The van der Waals surface area contributed by atoms with Gasteiger partial charge in [-0.3, -0.25) is 0 Å². The number of nitrogens with one attached hydrogen (secondary N) is 1. The fraction of sp³-hybridized carbons (Fsp3) is 0.800. The van der Waals surface area contributed by atoms with Crippen molar-refractivity contribution in [3.8, 4) is 0 Å². The minimum absolute atomic E-state index is 0.120. The van der Waals surface area contributed by atoms with Gasteiger partial charge in [-0.05, 0) is 27.3 Å². The molecule has 2 heteroatoms. The van der Waals surface area contributed by atoms with E-state index in [1.54, 1.807) is 0 Å². The summed E-state index contributed by atoms with van der Waals surface area (Å²) < 4.78 is 5.69. The Balaban J connectivity index is 4.34. The fourth-order valence-electron chi connectivity index (χ4n) is 1.41. The maximum Gasteiger partial charge on any atom is 0.0839 e. The lowest BCUT2D eigenvalue weighted by atomic mass is 9.93. The molecule has 2 nitrogen and oxygen atoms in total. The minimum atomic E-state index is -0.120. The molecule has 12 heavy (non-hydrogen) atoms. The standard InChI is InChI=1S/C10H21NO/c1-6-9(11-5)10(4,7-2)12-8-3/h6,9,11H,1,7-8H2,2-5H3. The van der Waals surface area contributed by atoms with Gasteiger partial charge in [0.15, 0.2) is 0 Å². The van der Waals surface area contributed by atoms with Crippen molar-refractivity contribution < 1.29 is 4.74 Å². The maximum atomic E-state index is 5.69. The Bertz CT molecular complexity index is 136. The average Bonchev–Trinajstić information content (AvgIpc) is 2.07.